The zero-order valence-electron chi connectivity index (χ0n) is 8.54. The van der Waals surface area contributed by atoms with Crippen LogP contribution < -0.4 is 5.32 Å². The molecule has 0 amide bonds. The van der Waals surface area contributed by atoms with E-state index in [1.165, 1.54) is 0 Å². The van der Waals surface area contributed by atoms with E-state index in [1.807, 2.05) is 0 Å². The molecule has 15 heavy (non-hydrogen) atoms. The Balaban J connectivity index is 2.05. The molecule has 0 unspecified atom stereocenters. The quantitative estimate of drug-likeness (QED) is 0.802. The number of hydrogen-bond acceptors (Lipinski definition) is 3. The van der Waals surface area contributed by atoms with Crippen LogP contribution in [-0.2, 0) is 6.54 Å². The Hall–Kier alpha value is -0.770. The van der Waals surface area contributed by atoms with Crippen LogP contribution >= 0.6 is 11.6 Å². The average Bonchev–Trinajstić information content (AvgIpc) is 2.25. The maximum atomic E-state index is 9.38. The fourth-order valence-corrected chi connectivity index (χ4v) is 1.97. The van der Waals surface area contributed by atoms with Gasteiger partial charge in [0.1, 0.15) is 5.75 Å². The first kappa shape index (κ1) is 10.7. The topological polar surface area (TPSA) is 35.5 Å². The summed E-state index contributed by atoms with van der Waals surface area (Å²) in [5.74, 6) is 0.282. The van der Waals surface area contributed by atoms with Crippen LogP contribution in [0.15, 0.2) is 18.2 Å². The number of nitrogens with one attached hydrogen (secondary N) is 1. The molecule has 2 rings (SSSR count). The van der Waals surface area contributed by atoms with Crippen molar-refractivity contribution in [3.63, 3.8) is 0 Å². The minimum Gasteiger partial charge on any atom is -0.508 e. The zero-order chi connectivity index (χ0) is 10.7. The molecular weight excluding hydrogens is 212 g/mol. The summed E-state index contributed by atoms with van der Waals surface area (Å²) in [7, 11) is 0. The Bertz CT molecular complexity index is 337. The van der Waals surface area contributed by atoms with Crippen molar-refractivity contribution in [1.29, 1.82) is 0 Å². The van der Waals surface area contributed by atoms with E-state index in [0.717, 1.165) is 43.3 Å². The molecule has 82 valence electrons. The number of halogens is 1. The largest absolute Gasteiger partial charge is 0.508 e. The summed E-state index contributed by atoms with van der Waals surface area (Å²) in [4.78, 5) is 2.33. The Morgan fingerprint density at radius 2 is 2.07 bits per heavy atom. The number of rotatable bonds is 2. The third kappa shape index (κ3) is 2.84. The fraction of sp³-hybridized carbons (Fsp3) is 0.455. The van der Waals surface area contributed by atoms with Crippen molar-refractivity contribution in [3.05, 3.63) is 28.8 Å². The molecule has 0 aromatic heterocycles. The van der Waals surface area contributed by atoms with Gasteiger partial charge in [0, 0.05) is 37.7 Å². The molecule has 1 aromatic carbocycles. The molecule has 0 radical (unpaired) electrons. The molecule has 1 saturated heterocycles. The lowest BCUT2D eigenvalue weighted by atomic mass is 10.2. The van der Waals surface area contributed by atoms with Crippen molar-refractivity contribution in [2.75, 3.05) is 26.2 Å². The van der Waals surface area contributed by atoms with Gasteiger partial charge in [-0.25, -0.2) is 0 Å². The highest BCUT2D eigenvalue weighted by molar-refractivity contribution is 6.31. The summed E-state index contributed by atoms with van der Waals surface area (Å²) >= 11 is 6.06. The van der Waals surface area contributed by atoms with Crippen LogP contribution in [0.4, 0.5) is 0 Å². The number of phenolic OH excluding ortho intramolecular Hbond substituents is 1. The van der Waals surface area contributed by atoms with Gasteiger partial charge in [-0.15, -0.1) is 0 Å². The summed E-state index contributed by atoms with van der Waals surface area (Å²) in [5, 5.41) is 13.4. The number of hydrogen-bond donors (Lipinski definition) is 2. The van der Waals surface area contributed by atoms with Crippen LogP contribution in [0.3, 0.4) is 0 Å². The normalized spacial score (nSPS) is 17.9. The Morgan fingerprint density at radius 3 is 2.80 bits per heavy atom. The first-order valence-electron chi connectivity index (χ1n) is 5.16. The van der Waals surface area contributed by atoms with E-state index in [-0.39, 0.29) is 5.75 Å². The van der Waals surface area contributed by atoms with Crippen molar-refractivity contribution >= 4 is 11.6 Å². The molecule has 1 aliphatic rings. The van der Waals surface area contributed by atoms with E-state index in [0.29, 0.717) is 0 Å². The molecule has 1 heterocycles. The predicted octanol–water partition coefficient (Wildman–Crippen LogP) is 1.45. The molecule has 0 aliphatic carbocycles. The lowest BCUT2D eigenvalue weighted by Gasteiger charge is -2.27. The van der Waals surface area contributed by atoms with Crippen LogP contribution in [0.1, 0.15) is 5.56 Å². The fourth-order valence-electron chi connectivity index (χ4n) is 1.79. The lowest BCUT2D eigenvalue weighted by Crippen LogP contribution is -2.42. The molecule has 1 aromatic rings. The smallest absolute Gasteiger partial charge is 0.116 e. The molecule has 0 spiro atoms. The lowest BCUT2D eigenvalue weighted by molar-refractivity contribution is 0.233. The second kappa shape index (κ2) is 4.84. The van der Waals surface area contributed by atoms with Crippen molar-refractivity contribution in [3.8, 4) is 5.75 Å². The Labute approximate surface area is 94.7 Å². The van der Waals surface area contributed by atoms with Crippen LogP contribution in [0.5, 0.6) is 5.75 Å². The average molecular weight is 227 g/mol. The Kier molecular flexibility index (Phi) is 3.46. The maximum Gasteiger partial charge on any atom is 0.116 e. The third-order valence-electron chi connectivity index (χ3n) is 2.63. The van der Waals surface area contributed by atoms with Crippen LogP contribution in [0.25, 0.3) is 0 Å². The molecule has 1 fully saturated rings. The zero-order valence-corrected chi connectivity index (χ0v) is 9.30. The predicted molar refractivity (Wildman–Crippen MR) is 61.3 cm³/mol. The summed E-state index contributed by atoms with van der Waals surface area (Å²) in [5.41, 5.74) is 0.999. The van der Waals surface area contributed by atoms with Gasteiger partial charge in [-0.1, -0.05) is 11.6 Å². The number of piperazine rings is 1. The number of aromatic hydroxyl groups is 1. The number of phenols is 1. The van der Waals surface area contributed by atoms with Gasteiger partial charge in [-0.05, 0) is 23.8 Å². The molecule has 3 nitrogen and oxygen atoms in total. The highest BCUT2D eigenvalue weighted by atomic mass is 35.5. The number of benzene rings is 1. The van der Waals surface area contributed by atoms with Crippen molar-refractivity contribution < 1.29 is 5.11 Å². The first-order chi connectivity index (χ1) is 7.25. The van der Waals surface area contributed by atoms with E-state index < -0.39 is 0 Å². The van der Waals surface area contributed by atoms with Crippen LogP contribution in [0, 0.1) is 0 Å². The minimum atomic E-state index is 0.282. The molecule has 2 N–H and O–H groups in total. The van der Waals surface area contributed by atoms with E-state index in [2.05, 4.69) is 10.2 Å². The van der Waals surface area contributed by atoms with Crippen molar-refractivity contribution in [2.24, 2.45) is 0 Å². The SMILES string of the molecule is Oc1ccc(Cl)c(CN2CCNCC2)c1. The van der Waals surface area contributed by atoms with Crippen LogP contribution in [0.2, 0.25) is 5.02 Å². The van der Waals surface area contributed by atoms with Gasteiger partial charge < -0.3 is 10.4 Å². The van der Waals surface area contributed by atoms with Crippen molar-refractivity contribution in [1.82, 2.24) is 10.2 Å². The molecular formula is C11H15ClN2O. The third-order valence-corrected chi connectivity index (χ3v) is 3.00. The van der Waals surface area contributed by atoms with Gasteiger partial charge in [0.25, 0.3) is 0 Å². The monoisotopic (exact) mass is 226 g/mol. The minimum absolute atomic E-state index is 0.282. The van der Waals surface area contributed by atoms with Gasteiger partial charge in [-0.2, -0.15) is 0 Å². The Morgan fingerprint density at radius 1 is 1.33 bits per heavy atom. The molecule has 0 saturated carbocycles. The first-order valence-corrected chi connectivity index (χ1v) is 5.54. The summed E-state index contributed by atoms with van der Waals surface area (Å²) in [6.45, 7) is 4.93. The number of nitrogens with zero attached hydrogens (tertiary/aromatic N) is 1. The molecule has 0 atom stereocenters. The van der Waals surface area contributed by atoms with E-state index in [9.17, 15) is 5.11 Å². The summed E-state index contributed by atoms with van der Waals surface area (Å²) in [6.07, 6.45) is 0. The highest BCUT2D eigenvalue weighted by Crippen LogP contribution is 2.22. The second-order valence-electron chi connectivity index (χ2n) is 3.80. The molecule has 4 heteroatoms. The van der Waals surface area contributed by atoms with Crippen molar-refractivity contribution in [2.45, 2.75) is 6.54 Å². The van der Waals surface area contributed by atoms with E-state index in [4.69, 9.17) is 11.6 Å². The van der Waals surface area contributed by atoms with Gasteiger partial charge in [0.2, 0.25) is 0 Å². The van der Waals surface area contributed by atoms with E-state index in [1.54, 1.807) is 18.2 Å². The van der Waals surface area contributed by atoms with Gasteiger partial charge in [0.05, 0.1) is 0 Å². The van der Waals surface area contributed by atoms with Gasteiger partial charge in [-0.3, -0.25) is 4.90 Å². The van der Waals surface area contributed by atoms with Crippen LogP contribution in [-0.4, -0.2) is 36.2 Å². The standard InChI is InChI=1S/C11H15ClN2O/c12-11-2-1-10(15)7-9(11)8-14-5-3-13-4-6-14/h1-2,7,13,15H,3-6,8H2. The van der Waals surface area contributed by atoms with E-state index >= 15 is 0 Å². The molecule has 0 bridgehead atoms. The van der Waals surface area contributed by atoms with Gasteiger partial charge >= 0.3 is 0 Å². The molecule has 1 aliphatic heterocycles. The highest BCUT2D eigenvalue weighted by Gasteiger charge is 2.11. The maximum absolute atomic E-state index is 9.38. The van der Waals surface area contributed by atoms with Gasteiger partial charge in [0.15, 0.2) is 0 Å². The summed E-state index contributed by atoms with van der Waals surface area (Å²) in [6, 6.07) is 5.10. The summed E-state index contributed by atoms with van der Waals surface area (Å²) < 4.78 is 0. The second-order valence-corrected chi connectivity index (χ2v) is 4.21.